The van der Waals surface area contributed by atoms with Gasteiger partial charge in [-0.3, -0.25) is 0 Å². The molecule has 1 fully saturated rings. The first-order chi connectivity index (χ1) is 9.43. The zero-order valence-corrected chi connectivity index (χ0v) is 11.0. The van der Waals surface area contributed by atoms with E-state index in [1.54, 1.807) is 0 Å². The molecule has 1 saturated heterocycles. The van der Waals surface area contributed by atoms with Gasteiger partial charge >= 0.3 is 0 Å². The smallest absolute Gasteiger partial charge is 0.172 e. The quantitative estimate of drug-likeness (QED) is 0.817. The minimum atomic E-state index is 0.151. The first kappa shape index (κ1) is 12.1. The van der Waals surface area contributed by atoms with Gasteiger partial charge in [0.15, 0.2) is 6.23 Å². The molecule has 0 radical (unpaired) electrons. The van der Waals surface area contributed by atoms with Crippen molar-refractivity contribution in [3.05, 3.63) is 60.7 Å². The molecule has 1 aliphatic rings. The van der Waals surface area contributed by atoms with Crippen LogP contribution in [0, 0.1) is 0 Å². The Hall–Kier alpha value is -1.96. The molecule has 0 aromatic heterocycles. The van der Waals surface area contributed by atoms with Crippen molar-refractivity contribution in [3.63, 3.8) is 0 Å². The van der Waals surface area contributed by atoms with Gasteiger partial charge in [0.25, 0.3) is 0 Å². The topological polar surface area (TPSA) is 12.5 Å². The Morgan fingerprint density at radius 1 is 0.842 bits per heavy atom. The van der Waals surface area contributed by atoms with Crippen LogP contribution in [0.15, 0.2) is 60.7 Å². The monoisotopic (exact) mass is 253 g/mol. The Labute approximate surface area is 114 Å². The highest BCUT2D eigenvalue weighted by Gasteiger charge is 2.23. The lowest BCUT2D eigenvalue weighted by molar-refractivity contribution is 0.165. The normalized spacial score (nSPS) is 19.2. The van der Waals surface area contributed by atoms with Gasteiger partial charge in [0.05, 0.1) is 0 Å². The van der Waals surface area contributed by atoms with Crippen molar-refractivity contribution >= 4 is 5.69 Å². The van der Waals surface area contributed by atoms with Crippen molar-refractivity contribution in [1.82, 2.24) is 0 Å². The molecule has 0 saturated carbocycles. The summed E-state index contributed by atoms with van der Waals surface area (Å²) in [7, 11) is 0. The van der Waals surface area contributed by atoms with Crippen molar-refractivity contribution in [1.29, 1.82) is 0 Å². The SMILES string of the molecule is c1ccc(OC2CCCCN2c2ccccc2)cc1. The van der Waals surface area contributed by atoms with Crippen molar-refractivity contribution < 1.29 is 4.74 Å². The second kappa shape index (κ2) is 5.79. The zero-order valence-electron chi connectivity index (χ0n) is 11.0. The molecule has 2 heteroatoms. The van der Waals surface area contributed by atoms with Crippen LogP contribution in [0.4, 0.5) is 5.69 Å². The van der Waals surface area contributed by atoms with Gasteiger partial charge in [-0.25, -0.2) is 0 Å². The second-order valence-electron chi connectivity index (χ2n) is 4.91. The zero-order chi connectivity index (χ0) is 12.9. The van der Waals surface area contributed by atoms with E-state index in [0.717, 1.165) is 18.7 Å². The van der Waals surface area contributed by atoms with Gasteiger partial charge in [0, 0.05) is 18.7 Å². The molecule has 0 bridgehead atoms. The lowest BCUT2D eigenvalue weighted by Crippen LogP contribution is -2.43. The van der Waals surface area contributed by atoms with Crippen molar-refractivity contribution in [2.75, 3.05) is 11.4 Å². The van der Waals surface area contributed by atoms with Gasteiger partial charge in [0.2, 0.25) is 0 Å². The van der Waals surface area contributed by atoms with Gasteiger partial charge in [0.1, 0.15) is 5.75 Å². The fraction of sp³-hybridized carbons (Fsp3) is 0.294. The molecular weight excluding hydrogens is 234 g/mol. The largest absolute Gasteiger partial charge is 0.471 e. The van der Waals surface area contributed by atoms with Gasteiger partial charge in [-0.05, 0) is 37.1 Å². The minimum absolute atomic E-state index is 0.151. The van der Waals surface area contributed by atoms with Crippen LogP contribution in [0.1, 0.15) is 19.3 Å². The van der Waals surface area contributed by atoms with Gasteiger partial charge < -0.3 is 9.64 Å². The van der Waals surface area contributed by atoms with E-state index in [-0.39, 0.29) is 6.23 Å². The standard InChI is InChI=1S/C17H19NO/c1-3-9-15(10-4-1)18-14-8-7-13-17(18)19-16-11-5-2-6-12-16/h1-6,9-12,17H,7-8,13-14H2. The molecule has 98 valence electrons. The van der Waals surface area contributed by atoms with E-state index in [9.17, 15) is 0 Å². The maximum absolute atomic E-state index is 6.15. The average Bonchev–Trinajstić information content (AvgIpc) is 2.50. The Morgan fingerprint density at radius 2 is 1.53 bits per heavy atom. The van der Waals surface area contributed by atoms with Crippen LogP contribution in [0.25, 0.3) is 0 Å². The van der Waals surface area contributed by atoms with Crippen molar-refractivity contribution in [3.8, 4) is 5.75 Å². The van der Waals surface area contributed by atoms with Crippen LogP contribution >= 0.6 is 0 Å². The molecule has 1 unspecified atom stereocenters. The van der Waals surface area contributed by atoms with E-state index in [0.29, 0.717) is 0 Å². The predicted octanol–water partition coefficient (Wildman–Crippen LogP) is 4.08. The molecule has 0 aliphatic carbocycles. The molecule has 2 aromatic carbocycles. The Kier molecular flexibility index (Phi) is 3.68. The molecule has 3 rings (SSSR count). The van der Waals surface area contributed by atoms with E-state index in [1.807, 2.05) is 30.3 Å². The highest BCUT2D eigenvalue weighted by atomic mass is 16.5. The molecule has 1 heterocycles. The molecule has 2 nitrogen and oxygen atoms in total. The summed E-state index contributed by atoms with van der Waals surface area (Å²) in [4.78, 5) is 2.37. The number of hydrogen-bond acceptors (Lipinski definition) is 2. The summed E-state index contributed by atoms with van der Waals surface area (Å²) < 4.78 is 6.15. The summed E-state index contributed by atoms with van der Waals surface area (Å²) >= 11 is 0. The molecule has 0 spiro atoms. The van der Waals surface area contributed by atoms with Gasteiger partial charge in [-0.1, -0.05) is 36.4 Å². The third kappa shape index (κ3) is 2.90. The number of anilines is 1. The first-order valence-electron chi connectivity index (χ1n) is 6.97. The average molecular weight is 253 g/mol. The molecular formula is C17H19NO. The summed E-state index contributed by atoms with van der Waals surface area (Å²) in [6, 6.07) is 20.7. The van der Waals surface area contributed by atoms with Crippen LogP contribution in [0.3, 0.4) is 0 Å². The van der Waals surface area contributed by atoms with Crippen molar-refractivity contribution in [2.24, 2.45) is 0 Å². The van der Waals surface area contributed by atoms with Gasteiger partial charge in [-0.2, -0.15) is 0 Å². The fourth-order valence-electron chi connectivity index (χ4n) is 2.59. The third-order valence-corrected chi connectivity index (χ3v) is 3.55. The molecule has 0 amide bonds. The van der Waals surface area contributed by atoms with E-state index in [1.165, 1.54) is 18.5 Å². The third-order valence-electron chi connectivity index (χ3n) is 3.55. The molecule has 0 N–H and O–H groups in total. The summed E-state index contributed by atoms with van der Waals surface area (Å²) in [6.45, 7) is 1.07. The molecule has 1 atom stereocenters. The number of para-hydroxylation sites is 2. The first-order valence-corrected chi connectivity index (χ1v) is 6.97. The lowest BCUT2D eigenvalue weighted by Gasteiger charge is -2.37. The predicted molar refractivity (Wildman–Crippen MR) is 78.5 cm³/mol. The summed E-state index contributed by atoms with van der Waals surface area (Å²) in [6.07, 6.45) is 3.72. The fourth-order valence-corrected chi connectivity index (χ4v) is 2.59. The van der Waals surface area contributed by atoms with E-state index >= 15 is 0 Å². The summed E-state index contributed by atoms with van der Waals surface area (Å²) in [5.74, 6) is 0.954. The van der Waals surface area contributed by atoms with Crippen LogP contribution in [0.5, 0.6) is 5.75 Å². The highest BCUT2D eigenvalue weighted by Crippen LogP contribution is 2.26. The summed E-state index contributed by atoms with van der Waals surface area (Å²) in [5, 5.41) is 0. The molecule has 2 aromatic rings. The lowest BCUT2D eigenvalue weighted by atomic mass is 10.1. The molecule has 19 heavy (non-hydrogen) atoms. The number of hydrogen-bond donors (Lipinski definition) is 0. The van der Waals surface area contributed by atoms with E-state index < -0.39 is 0 Å². The summed E-state index contributed by atoms with van der Waals surface area (Å²) in [5.41, 5.74) is 1.25. The van der Waals surface area contributed by atoms with Gasteiger partial charge in [-0.15, -0.1) is 0 Å². The Bertz CT molecular complexity index is 497. The van der Waals surface area contributed by atoms with Crippen LogP contribution in [-0.2, 0) is 0 Å². The van der Waals surface area contributed by atoms with E-state index in [2.05, 4.69) is 35.2 Å². The Balaban J connectivity index is 1.78. The maximum atomic E-state index is 6.15. The van der Waals surface area contributed by atoms with Crippen LogP contribution in [0.2, 0.25) is 0 Å². The molecule has 1 aliphatic heterocycles. The second-order valence-corrected chi connectivity index (χ2v) is 4.91. The highest BCUT2D eigenvalue weighted by molar-refractivity contribution is 5.47. The number of ether oxygens (including phenoxy) is 1. The maximum Gasteiger partial charge on any atom is 0.172 e. The number of benzene rings is 2. The number of rotatable bonds is 3. The number of piperidine rings is 1. The Morgan fingerprint density at radius 3 is 2.26 bits per heavy atom. The van der Waals surface area contributed by atoms with Crippen LogP contribution < -0.4 is 9.64 Å². The minimum Gasteiger partial charge on any atom is -0.471 e. The number of nitrogens with zero attached hydrogens (tertiary/aromatic N) is 1. The van der Waals surface area contributed by atoms with Crippen LogP contribution in [-0.4, -0.2) is 12.8 Å². The van der Waals surface area contributed by atoms with E-state index in [4.69, 9.17) is 4.74 Å². The van der Waals surface area contributed by atoms with Crippen molar-refractivity contribution in [2.45, 2.75) is 25.5 Å².